The van der Waals surface area contributed by atoms with Crippen molar-refractivity contribution in [3.63, 3.8) is 0 Å². The Morgan fingerprint density at radius 1 is 1.22 bits per heavy atom. The smallest absolute Gasteiger partial charge is 0.130 e. The fourth-order valence-corrected chi connectivity index (χ4v) is 1.76. The number of aromatic nitrogens is 1. The highest BCUT2D eigenvalue weighted by atomic mass is 15.0. The van der Waals surface area contributed by atoms with E-state index in [1.807, 2.05) is 19.1 Å². The zero-order valence-electron chi connectivity index (χ0n) is 11.1. The van der Waals surface area contributed by atoms with Crippen LogP contribution in [0.1, 0.15) is 30.9 Å². The van der Waals surface area contributed by atoms with Crippen LogP contribution in [0.15, 0.2) is 36.5 Å². The number of nitrogens with two attached hydrogens (primary N) is 1. The van der Waals surface area contributed by atoms with Crippen molar-refractivity contribution >= 4 is 17.2 Å². The minimum atomic E-state index is 0.521. The van der Waals surface area contributed by atoms with E-state index in [4.69, 9.17) is 5.73 Å². The Morgan fingerprint density at radius 2 is 2.00 bits per heavy atom. The monoisotopic (exact) mass is 241 g/mol. The quantitative estimate of drug-likeness (QED) is 0.858. The van der Waals surface area contributed by atoms with Gasteiger partial charge in [0.2, 0.25) is 0 Å². The zero-order valence-corrected chi connectivity index (χ0v) is 11.1. The molecule has 0 atom stereocenters. The molecule has 3 N–H and O–H groups in total. The molecule has 0 amide bonds. The van der Waals surface area contributed by atoms with Crippen molar-refractivity contribution in [2.45, 2.75) is 26.7 Å². The lowest BCUT2D eigenvalue weighted by Gasteiger charge is -2.10. The van der Waals surface area contributed by atoms with Crippen LogP contribution >= 0.6 is 0 Å². The SMILES string of the molecule is Cc1cc(Nc2cccc(C(C)C)c2)ncc1N. The van der Waals surface area contributed by atoms with E-state index in [9.17, 15) is 0 Å². The van der Waals surface area contributed by atoms with Gasteiger partial charge in [0.15, 0.2) is 0 Å². The van der Waals surface area contributed by atoms with E-state index in [1.54, 1.807) is 6.20 Å². The van der Waals surface area contributed by atoms with Gasteiger partial charge in [0.1, 0.15) is 5.82 Å². The van der Waals surface area contributed by atoms with Gasteiger partial charge in [0.25, 0.3) is 0 Å². The van der Waals surface area contributed by atoms with Crippen LogP contribution in [0.25, 0.3) is 0 Å². The van der Waals surface area contributed by atoms with Crippen LogP contribution in [-0.2, 0) is 0 Å². The number of hydrogen-bond donors (Lipinski definition) is 2. The number of nitrogens with zero attached hydrogens (tertiary/aromatic N) is 1. The molecule has 3 nitrogen and oxygen atoms in total. The predicted molar refractivity (Wildman–Crippen MR) is 77.2 cm³/mol. The molecule has 0 saturated heterocycles. The first-order valence-corrected chi connectivity index (χ1v) is 6.15. The minimum Gasteiger partial charge on any atom is -0.397 e. The van der Waals surface area contributed by atoms with E-state index < -0.39 is 0 Å². The summed E-state index contributed by atoms with van der Waals surface area (Å²) in [5.41, 5.74) is 9.88. The molecule has 0 aliphatic heterocycles. The molecule has 0 radical (unpaired) electrons. The minimum absolute atomic E-state index is 0.521. The van der Waals surface area contributed by atoms with Crippen molar-refractivity contribution < 1.29 is 0 Å². The molecule has 3 heteroatoms. The lowest BCUT2D eigenvalue weighted by atomic mass is 10.0. The molecule has 2 aromatic rings. The third kappa shape index (κ3) is 2.80. The van der Waals surface area contributed by atoms with Crippen LogP contribution in [0.4, 0.5) is 17.2 Å². The molecule has 0 unspecified atom stereocenters. The van der Waals surface area contributed by atoms with Gasteiger partial charge in [-0.3, -0.25) is 0 Å². The molecule has 1 heterocycles. The van der Waals surface area contributed by atoms with E-state index in [-0.39, 0.29) is 0 Å². The lowest BCUT2D eigenvalue weighted by molar-refractivity contribution is 0.867. The maximum absolute atomic E-state index is 5.76. The average Bonchev–Trinajstić information content (AvgIpc) is 2.34. The fourth-order valence-electron chi connectivity index (χ4n) is 1.76. The molecule has 1 aromatic carbocycles. The second-order valence-corrected chi connectivity index (χ2v) is 4.83. The van der Waals surface area contributed by atoms with Gasteiger partial charge < -0.3 is 11.1 Å². The summed E-state index contributed by atoms with van der Waals surface area (Å²) in [6.07, 6.45) is 1.68. The largest absolute Gasteiger partial charge is 0.397 e. The third-order valence-electron chi connectivity index (χ3n) is 2.98. The summed E-state index contributed by atoms with van der Waals surface area (Å²) in [6.45, 7) is 6.35. The van der Waals surface area contributed by atoms with Crippen LogP contribution in [0, 0.1) is 6.92 Å². The molecule has 2 rings (SSSR count). The van der Waals surface area contributed by atoms with Gasteiger partial charge in [-0.15, -0.1) is 0 Å². The molecule has 0 aliphatic carbocycles. The van der Waals surface area contributed by atoms with E-state index in [1.165, 1.54) is 5.56 Å². The number of benzene rings is 1. The van der Waals surface area contributed by atoms with Crippen LogP contribution in [-0.4, -0.2) is 4.98 Å². The van der Waals surface area contributed by atoms with Gasteiger partial charge >= 0.3 is 0 Å². The number of pyridine rings is 1. The summed E-state index contributed by atoms with van der Waals surface area (Å²) in [6, 6.07) is 10.3. The summed E-state index contributed by atoms with van der Waals surface area (Å²) in [5, 5.41) is 3.30. The van der Waals surface area contributed by atoms with Gasteiger partial charge in [-0.05, 0) is 42.2 Å². The highest BCUT2D eigenvalue weighted by Crippen LogP contribution is 2.22. The van der Waals surface area contributed by atoms with E-state index >= 15 is 0 Å². The van der Waals surface area contributed by atoms with Gasteiger partial charge in [-0.25, -0.2) is 4.98 Å². The summed E-state index contributed by atoms with van der Waals surface area (Å²) < 4.78 is 0. The van der Waals surface area contributed by atoms with Crippen molar-refractivity contribution in [1.29, 1.82) is 0 Å². The number of hydrogen-bond acceptors (Lipinski definition) is 3. The van der Waals surface area contributed by atoms with Gasteiger partial charge in [0.05, 0.1) is 11.9 Å². The van der Waals surface area contributed by atoms with Gasteiger partial charge in [-0.2, -0.15) is 0 Å². The first kappa shape index (κ1) is 12.4. The van der Waals surface area contributed by atoms with Crippen molar-refractivity contribution in [1.82, 2.24) is 4.98 Å². The first-order chi connectivity index (χ1) is 8.56. The molecule has 1 aromatic heterocycles. The van der Waals surface area contributed by atoms with Crippen LogP contribution in [0.3, 0.4) is 0 Å². The fraction of sp³-hybridized carbons (Fsp3) is 0.267. The molecule has 0 saturated carbocycles. The molecule has 0 aliphatic rings. The number of nitrogen functional groups attached to an aromatic ring is 1. The van der Waals surface area contributed by atoms with E-state index in [2.05, 4.69) is 42.3 Å². The number of anilines is 3. The number of aryl methyl sites for hydroxylation is 1. The van der Waals surface area contributed by atoms with E-state index in [0.717, 1.165) is 22.8 Å². The van der Waals surface area contributed by atoms with Crippen molar-refractivity contribution in [2.24, 2.45) is 0 Å². The number of rotatable bonds is 3. The van der Waals surface area contributed by atoms with Crippen molar-refractivity contribution in [3.05, 3.63) is 47.7 Å². The Labute approximate surface area is 108 Å². The second-order valence-electron chi connectivity index (χ2n) is 4.83. The summed E-state index contributed by atoms with van der Waals surface area (Å²) in [5.74, 6) is 1.34. The van der Waals surface area contributed by atoms with Crippen LogP contribution in [0.5, 0.6) is 0 Å². The molecular formula is C15H19N3. The zero-order chi connectivity index (χ0) is 13.1. The molecule has 0 fully saturated rings. The summed E-state index contributed by atoms with van der Waals surface area (Å²) in [7, 11) is 0. The molecule has 18 heavy (non-hydrogen) atoms. The molecule has 0 spiro atoms. The van der Waals surface area contributed by atoms with Crippen molar-refractivity contribution in [2.75, 3.05) is 11.1 Å². The van der Waals surface area contributed by atoms with Gasteiger partial charge in [-0.1, -0.05) is 26.0 Å². The Morgan fingerprint density at radius 3 is 2.67 bits per heavy atom. The normalized spacial score (nSPS) is 10.7. The standard InChI is InChI=1S/C15H19N3/c1-10(2)12-5-4-6-13(8-12)18-15-7-11(3)14(16)9-17-15/h4-10H,16H2,1-3H3,(H,17,18). The highest BCUT2D eigenvalue weighted by Gasteiger charge is 2.02. The van der Waals surface area contributed by atoms with Crippen LogP contribution < -0.4 is 11.1 Å². The highest BCUT2D eigenvalue weighted by molar-refractivity contribution is 5.60. The van der Waals surface area contributed by atoms with E-state index in [0.29, 0.717) is 5.92 Å². The summed E-state index contributed by atoms with van der Waals surface area (Å²) >= 11 is 0. The maximum Gasteiger partial charge on any atom is 0.130 e. The van der Waals surface area contributed by atoms with Crippen molar-refractivity contribution in [3.8, 4) is 0 Å². The maximum atomic E-state index is 5.76. The Kier molecular flexibility index (Phi) is 3.51. The Bertz CT molecular complexity index is 547. The lowest BCUT2D eigenvalue weighted by Crippen LogP contribution is -1.98. The topological polar surface area (TPSA) is 50.9 Å². The molecule has 94 valence electrons. The van der Waals surface area contributed by atoms with Crippen LogP contribution in [0.2, 0.25) is 0 Å². The Balaban J connectivity index is 2.23. The predicted octanol–water partition coefficient (Wildman–Crippen LogP) is 3.84. The second kappa shape index (κ2) is 5.08. The first-order valence-electron chi connectivity index (χ1n) is 6.15. The Hall–Kier alpha value is -2.03. The average molecular weight is 241 g/mol. The summed E-state index contributed by atoms with van der Waals surface area (Å²) in [4.78, 5) is 4.27. The molecular weight excluding hydrogens is 222 g/mol. The third-order valence-corrected chi connectivity index (χ3v) is 2.98. The molecule has 0 bridgehead atoms. The van der Waals surface area contributed by atoms with Gasteiger partial charge in [0, 0.05) is 5.69 Å². The number of nitrogens with one attached hydrogen (secondary N) is 1.